The van der Waals surface area contributed by atoms with Crippen LogP contribution in [-0.2, 0) is 4.79 Å². The molecule has 1 aromatic carbocycles. The Bertz CT molecular complexity index is 875. The van der Waals surface area contributed by atoms with E-state index >= 15 is 0 Å². The molecule has 1 fully saturated rings. The fourth-order valence-electron chi connectivity index (χ4n) is 3.77. The maximum atomic E-state index is 13.0. The molecular formula is C20H22F3N3O2. The summed E-state index contributed by atoms with van der Waals surface area (Å²) in [6.45, 7) is 3.32. The van der Waals surface area contributed by atoms with Gasteiger partial charge in [-0.25, -0.2) is 4.68 Å². The number of carbonyl (C=O) groups is 2. The van der Waals surface area contributed by atoms with Gasteiger partial charge in [-0.1, -0.05) is 24.6 Å². The highest BCUT2D eigenvalue weighted by molar-refractivity contribution is 6.43. The van der Waals surface area contributed by atoms with Gasteiger partial charge in [0.2, 0.25) is 0 Å². The second kappa shape index (κ2) is 7.77. The molecule has 5 nitrogen and oxygen atoms in total. The van der Waals surface area contributed by atoms with Gasteiger partial charge < -0.3 is 5.32 Å². The number of hydrogen-bond donors (Lipinski definition) is 1. The zero-order chi connectivity index (χ0) is 20.5. The number of nitrogens with zero attached hydrogens (tertiary/aromatic N) is 2. The number of amides is 1. The third-order valence-corrected chi connectivity index (χ3v) is 5.20. The van der Waals surface area contributed by atoms with Gasteiger partial charge in [0.05, 0.1) is 28.6 Å². The van der Waals surface area contributed by atoms with E-state index in [0.717, 1.165) is 5.69 Å². The van der Waals surface area contributed by atoms with E-state index in [1.165, 1.54) is 0 Å². The fourth-order valence-corrected chi connectivity index (χ4v) is 3.77. The van der Waals surface area contributed by atoms with Crippen LogP contribution in [0.1, 0.15) is 47.4 Å². The highest BCUT2D eigenvalue weighted by Gasteiger charge is 2.42. The number of benzene rings is 1. The van der Waals surface area contributed by atoms with Crippen molar-refractivity contribution in [2.75, 3.05) is 0 Å². The van der Waals surface area contributed by atoms with E-state index in [0.29, 0.717) is 24.2 Å². The summed E-state index contributed by atoms with van der Waals surface area (Å²) in [5.74, 6) is -3.09. The summed E-state index contributed by atoms with van der Waals surface area (Å²) in [6, 6.07) is 8.52. The second-order valence-corrected chi connectivity index (χ2v) is 7.20. The summed E-state index contributed by atoms with van der Waals surface area (Å²) in [5.41, 5.74) is 1.85. The number of rotatable bonds is 4. The summed E-state index contributed by atoms with van der Waals surface area (Å²) < 4.78 is 40.4. The number of ketones is 1. The molecule has 0 bridgehead atoms. The van der Waals surface area contributed by atoms with E-state index in [9.17, 15) is 22.8 Å². The fraction of sp³-hybridized carbons (Fsp3) is 0.450. The standard InChI is InChI=1S/C20H22F3N3O2/c1-12-17(13(2)26(25-12)16-9-4-3-5-10-16)18(27)19(28)24-15-8-6-7-14(11-15)20(21,22)23/h3-5,9-10,14-15H,6-8,11H2,1-2H3,(H,24,28)/t14-,15-/m1/s1. The van der Waals surface area contributed by atoms with Crippen LogP contribution in [0.3, 0.4) is 0 Å². The van der Waals surface area contributed by atoms with E-state index in [-0.39, 0.29) is 18.4 Å². The minimum atomic E-state index is -4.28. The van der Waals surface area contributed by atoms with Crippen molar-refractivity contribution < 1.29 is 22.8 Å². The number of para-hydroxylation sites is 1. The molecule has 1 aliphatic carbocycles. The van der Waals surface area contributed by atoms with Gasteiger partial charge in [0, 0.05) is 6.04 Å². The molecule has 2 aromatic rings. The first-order valence-electron chi connectivity index (χ1n) is 9.22. The lowest BCUT2D eigenvalue weighted by Crippen LogP contribution is -2.44. The average Bonchev–Trinajstić information content (AvgIpc) is 2.95. The molecular weight excluding hydrogens is 371 g/mol. The first kappa shape index (κ1) is 20.1. The van der Waals surface area contributed by atoms with Gasteiger partial charge in [0.15, 0.2) is 0 Å². The molecule has 0 unspecified atom stereocenters. The van der Waals surface area contributed by atoms with Crippen molar-refractivity contribution in [3.05, 3.63) is 47.3 Å². The van der Waals surface area contributed by atoms with E-state index in [2.05, 4.69) is 10.4 Å². The Morgan fingerprint density at radius 2 is 1.82 bits per heavy atom. The first-order valence-corrected chi connectivity index (χ1v) is 9.22. The molecule has 1 N–H and O–H groups in total. The van der Waals surface area contributed by atoms with Crippen molar-refractivity contribution in [1.29, 1.82) is 0 Å². The lowest BCUT2D eigenvalue weighted by molar-refractivity contribution is -0.183. The minimum Gasteiger partial charge on any atom is -0.346 e. The SMILES string of the molecule is Cc1nn(-c2ccccc2)c(C)c1C(=O)C(=O)N[C@@H]1CCC[C@@H](C(F)(F)F)C1. The zero-order valence-corrected chi connectivity index (χ0v) is 15.7. The van der Waals surface area contributed by atoms with E-state index in [1.807, 2.05) is 30.3 Å². The normalized spacial score (nSPS) is 20.0. The molecule has 150 valence electrons. The summed E-state index contributed by atoms with van der Waals surface area (Å²) in [7, 11) is 0. The van der Waals surface area contributed by atoms with Gasteiger partial charge in [0.1, 0.15) is 0 Å². The lowest BCUT2D eigenvalue weighted by Gasteiger charge is -2.30. The Morgan fingerprint density at radius 3 is 2.46 bits per heavy atom. The number of Topliss-reactive ketones (excluding diaryl/α,β-unsaturated/α-hetero) is 1. The number of hydrogen-bond acceptors (Lipinski definition) is 3. The second-order valence-electron chi connectivity index (χ2n) is 7.20. The van der Waals surface area contributed by atoms with Gasteiger partial charge in [0.25, 0.3) is 11.7 Å². The Kier molecular flexibility index (Phi) is 5.58. The number of aromatic nitrogens is 2. The molecule has 0 aliphatic heterocycles. The predicted molar refractivity (Wildman–Crippen MR) is 97.3 cm³/mol. The Labute approximate surface area is 160 Å². The quantitative estimate of drug-likeness (QED) is 0.633. The molecule has 2 atom stereocenters. The molecule has 0 saturated heterocycles. The monoisotopic (exact) mass is 393 g/mol. The van der Waals surface area contributed by atoms with Gasteiger partial charge in [-0.3, -0.25) is 9.59 Å². The van der Waals surface area contributed by atoms with Gasteiger partial charge in [-0.2, -0.15) is 18.3 Å². The van der Waals surface area contributed by atoms with Crippen molar-refractivity contribution in [2.45, 2.75) is 51.7 Å². The smallest absolute Gasteiger partial charge is 0.346 e. The topological polar surface area (TPSA) is 64.0 Å². The summed E-state index contributed by atoms with van der Waals surface area (Å²) in [6.07, 6.45) is -3.60. The molecule has 3 rings (SSSR count). The van der Waals surface area contributed by atoms with E-state index in [1.54, 1.807) is 18.5 Å². The average molecular weight is 393 g/mol. The zero-order valence-electron chi connectivity index (χ0n) is 15.7. The minimum absolute atomic E-state index is 0.0614. The third kappa shape index (κ3) is 4.10. The summed E-state index contributed by atoms with van der Waals surface area (Å²) in [4.78, 5) is 25.1. The predicted octanol–water partition coefficient (Wildman–Crippen LogP) is 3.91. The molecule has 8 heteroatoms. The van der Waals surface area contributed by atoms with Gasteiger partial charge in [-0.05, 0) is 45.2 Å². The van der Waals surface area contributed by atoms with Crippen molar-refractivity contribution in [1.82, 2.24) is 15.1 Å². The van der Waals surface area contributed by atoms with Crippen molar-refractivity contribution in [3.8, 4) is 5.69 Å². The lowest BCUT2D eigenvalue weighted by atomic mass is 9.85. The molecule has 0 spiro atoms. The van der Waals surface area contributed by atoms with Crippen LogP contribution in [-0.4, -0.2) is 33.7 Å². The van der Waals surface area contributed by atoms with Gasteiger partial charge in [-0.15, -0.1) is 0 Å². The highest BCUT2D eigenvalue weighted by atomic mass is 19.4. The number of alkyl halides is 3. The molecule has 28 heavy (non-hydrogen) atoms. The Hall–Kier alpha value is -2.64. The van der Waals surface area contributed by atoms with E-state index in [4.69, 9.17) is 0 Å². The summed E-state index contributed by atoms with van der Waals surface area (Å²) in [5, 5.41) is 6.84. The maximum Gasteiger partial charge on any atom is 0.391 e. The van der Waals surface area contributed by atoms with E-state index < -0.39 is 29.8 Å². The molecule has 1 aliphatic rings. The number of aryl methyl sites for hydroxylation is 1. The van der Waals surface area contributed by atoms with Crippen LogP contribution >= 0.6 is 0 Å². The molecule has 1 heterocycles. The van der Waals surface area contributed by atoms with Crippen LogP contribution in [0, 0.1) is 19.8 Å². The van der Waals surface area contributed by atoms with Crippen molar-refractivity contribution in [2.24, 2.45) is 5.92 Å². The molecule has 1 saturated carbocycles. The number of nitrogens with one attached hydrogen (secondary N) is 1. The van der Waals surface area contributed by atoms with Crippen LogP contribution in [0.15, 0.2) is 30.3 Å². The number of halogens is 3. The Morgan fingerprint density at radius 1 is 1.14 bits per heavy atom. The van der Waals surface area contributed by atoms with Crippen LogP contribution in [0.5, 0.6) is 0 Å². The van der Waals surface area contributed by atoms with Crippen LogP contribution < -0.4 is 5.32 Å². The molecule has 1 amide bonds. The first-order chi connectivity index (χ1) is 13.2. The summed E-state index contributed by atoms with van der Waals surface area (Å²) >= 11 is 0. The Balaban J connectivity index is 1.75. The van der Waals surface area contributed by atoms with Crippen LogP contribution in [0.2, 0.25) is 0 Å². The molecule has 0 radical (unpaired) electrons. The van der Waals surface area contributed by atoms with Crippen molar-refractivity contribution >= 4 is 11.7 Å². The maximum absolute atomic E-state index is 13.0. The van der Waals surface area contributed by atoms with Crippen LogP contribution in [0.25, 0.3) is 5.69 Å². The van der Waals surface area contributed by atoms with Crippen LogP contribution in [0.4, 0.5) is 13.2 Å². The largest absolute Gasteiger partial charge is 0.391 e. The van der Waals surface area contributed by atoms with Crippen molar-refractivity contribution in [3.63, 3.8) is 0 Å². The molecule has 1 aromatic heterocycles. The third-order valence-electron chi connectivity index (χ3n) is 5.20. The number of carbonyl (C=O) groups excluding carboxylic acids is 2. The van der Waals surface area contributed by atoms with Gasteiger partial charge >= 0.3 is 6.18 Å². The highest BCUT2D eigenvalue weighted by Crippen LogP contribution is 2.37.